The van der Waals surface area contributed by atoms with E-state index in [1.165, 1.54) is 11.3 Å². The van der Waals surface area contributed by atoms with E-state index in [1.807, 2.05) is 13.8 Å². The first-order chi connectivity index (χ1) is 11.5. The number of benzene rings is 1. The van der Waals surface area contributed by atoms with Crippen molar-refractivity contribution in [1.29, 1.82) is 0 Å². The van der Waals surface area contributed by atoms with Gasteiger partial charge in [0.05, 0.1) is 6.04 Å². The maximum absolute atomic E-state index is 6.40. The lowest BCUT2D eigenvalue weighted by Crippen LogP contribution is -2.57. The molecule has 24 heavy (non-hydrogen) atoms. The second-order valence-corrected chi connectivity index (χ2v) is 7.94. The first-order valence-corrected chi connectivity index (χ1v) is 8.87. The molecule has 0 radical (unpaired) electrons. The normalized spacial score (nSPS) is 44.8. The first-order valence-electron chi connectivity index (χ1n) is 8.87. The molecular formula is C19H25NO4. The van der Waals surface area contributed by atoms with E-state index >= 15 is 0 Å². The van der Waals surface area contributed by atoms with Gasteiger partial charge >= 0.3 is 0 Å². The molecule has 1 aromatic rings. The molecule has 0 N–H and O–H groups in total. The van der Waals surface area contributed by atoms with Gasteiger partial charge in [-0.25, -0.2) is 0 Å². The number of hydrogen-bond acceptors (Lipinski definition) is 5. The zero-order valence-electron chi connectivity index (χ0n) is 14.7. The molecule has 2 bridgehead atoms. The maximum Gasteiger partial charge on any atom is 0.202 e. The monoisotopic (exact) mass is 331 g/mol. The standard InChI is InChI=1S/C19H25NO4/c1-11-5-7-12(8-6-11)20-10-9-13-14(20)15-16-17(19(13,21-4)23-15)24-18(2,3)22-16/h5-8,13-17H,9-10H2,1-4H3/t13-,14+,15+,16-,17-,19-/m0/s1. The van der Waals surface area contributed by atoms with Gasteiger partial charge in [0, 0.05) is 25.3 Å². The minimum absolute atomic E-state index is 0.00877. The third-order valence-corrected chi connectivity index (χ3v) is 6.16. The van der Waals surface area contributed by atoms with Gasteiger partial charge in [0.25, 0.3) is 0 Å². The zero-order valence-corrected chi connectivity index (χ0v) is 14.7. The Morgan fingerprint density at radius 3 is 2.54 bits per heavy atom. The van der Waals surface area contributed by atoms with Crippen molar-refractivity contribution in [3.63, 3.8) is 0 Å². The summed E-state index contributed by atoms with van der Waals surface area (Å²) >= 11 is 0. The van der Waals surface area contributed by atoms with E-state index in [0.717, 1.165) is 13.0 Å². The van der Waals surface area contributed by atoms with E-state index in [1.54, 1.807) is 7.11 Å². The summed E-state index contributed by atoms with van der Waals surface area (Å²) in [7, 11) is 1.74. The lowest BCUT2D eigenvalue weighted by Gasteiger charge is -2.38. The Kier molecular flexibility index (Phi) is 2.98. The summed E-state index contributed by atoms with van der Waals surface area (Å²) in [5, 5.41) is 0. The predicted octanol–water partition coefficient (Wildman–Crippen LogP) is 2.47. The number of rotatable bonds is 2. The average molecular weight is 331 g/mol. The van der Waals surface area contributed by atoms with Crippen molar-refractivity contribution in [3.8, 4) is 0 Å². The van der Waals surface area contributed by atoms with Crippen molar-refractivity contribution in [3.05, 3.63) is 29.8 Å². The molecule has 4 aliphatic heterocycles. The molecule has 0 unspecified atom stereocenters. The average Bonchev–Trinajstić information content (AvgIpc) is 3.24. The molecule has 0 amide bonds. The lowest BCUT2D eigenvalue weighted by atomic mass is 9.79. The highest BCUT2D eigenvalue weighted by atomic mass is 16.8. The summed E-state index contributed by atoms with van der Waals surface area (Å²) in [5.41, 5.74) is 2.53. The van der Waals surface area contributed by atoms with Crippen LogP contribution >= 0.6 is 0 Å². The van der Waals surface area contributed by atoms with E-state index in [-0.39, 0.29) is 24.4 Å². The highest BCUT2D eigenvalue weighted by Crippen LogP contribution is 2.59. The Morgan fingerprint density at radius 2 is 1.83 bits per heavy atom. The molecule has 4 saturated heterocycles. The van der Waals surface area contributed by atoms with Gasteiger partial charge in [-0.15, -0.1) is 0 Å². The van der Waals surface area contributed by atoms with Crippen LogP contribution in [0.5, 0.6) is 0 Å². The molecule has 0 aromatic heterocycles. The molecule has 4 heterocycles. The number of hydrogen-bond donors (Lipinski definition) is 0. The molecule has 1 aromatic carbocycles. The summed E-state index contributed by atoms with van der Waals surface area (Å²) in [6, 6.07) is 9.03. The SMILES string of the molecule is CO[C@@]12O[C@@H]([C@@H]3OC(C)(C)O[C@@H]31)[C@H]1[C@@H]2CCN1c1ccc(C)cc1. The Balaban J connectivity index is 1.52. The van der Waals surface area contributed by atoms with Crippen LogP contribution in [0, 0.1) is 12.8 Å². The van der Waals surface area contributed by atoms with Crippen LogP contribution in [0.4, 0.5) is 5.69 Å². The summed E-state index contributed by atoms with van der Waals surface area (Å²) < 4.78 is 24.7. The van der Waals surface area contributed by atoms with E-state index in [4.69, 9.17) is 18.9 Å². The van der Waals surface area contributed by atoms with Gasteiger partial charge in [0.15, 0.2) is 5.79 Å². The van der Waals surface area contributed by atoms with E-state index in [2.05, 4.69) is 36.1 Å². The second kappa shape index (κ2) is 4.73. The first kappa shape index (κ1) is 15.1. The van der Waals surface area contributed by atoms with Gasteiger partial charge in [-0.1, -0.05) is 17.7 Å². The Labute approximate surface area is 142 Å². The minimum atomic E-state index is -0.673. The molecule has 4 fully saturated rings. The van der Waals surface area contributed by atoms with Gasteiger partial charge in [0.1, 0.15) is 18.3 Å². The summed E-state index contributed by atoms with van der Waals surface area (Å²) in [4.78, 5) is 2.47. The highest BCUT2D eigenvalue weighted by molar-refractivity contribution is 5.51. The molecule has 0 saturated carbocycles. The highest BCUT2D eigenvalue weighted by Gasteiger charge is 2.76. The summed E-state index contributed by atoms with van der Waals surface area (Å²) in [5.74, 6) is -0.936. The summed E-state index contributed by atoms with van der Waals surface area (Å²) in [6.45, 7) is 7.09. The third kappa shape index (κ3) is 1.79. The van der Waals surface area contributed by atoms with Crippen molar-refractivity contribution < 1.29 is 18.9 Å². The van der Waals surface area contributed by atoms with E-state index < -0.39 is 11.6 Å². The van der Waals surface area contributed by atoms with Crippen molar-refractivity contribution >= 4 is 5.69 Å². The quantitative estimate of drug-likeness (QED) is 0.833. The number of anilines is 1. The van der Waals surface area contributed by atoms with Crippen LogP contribution in [0.15, 0.2) is 24.3 Å². The maximum atomic E-state index is 6.40. The molecule has 130 valence electrons. The van der Waals surface area contributed by atoms with Gasteiger partial charge in [-0.3, -0.25) is 0 Å². The molecular weight excluding hydrogens is 306 g/mol. The smallest absolute Gasteiger partial charge is 0.202 e. The van der Waals surface area contributed by atoms with E-state index in [0.29, 0.717) is 5.92 Å². The fourth-order valence-electron chi connectivity index (χ4n) is 5.26. The topological polar surface area (TPSA) is 40.2 Å². The third-order valence-electron chi connectivity index (χ3n) is 6.16. The Hall–Kier alpha value is -1.14. The molecule has 0 aliphatic carbocycles. The van der Waals surface area contributed by atoms with Crippen LogP contribution in [0.1, 0.15) is 25.8 Å². The largest absolute Gasteiger partial charge is 0.365 e. The van der Waals surface area contributed by atoms with Crippen LogP contribution in [-0.4, -0.2) is 49.6 Å². The van der Waals surface area contributed by atoms with Crippen LogP contribution in [0.3, 0.4) is 0 Å². The van der Waals surface area contributed by atoms with Gasteiger partial charge < -0.3 is 23.8 Å². The number of aryl methyl sites for hydroxylation is 1. The number of ether oxygens (including phenoxy) is 4. The Morgan fingerprint density at radius 1 is 1.08 bits per heavy atom. The predicted molar refractivity (Wildman–Crippen MR) is 88.9 cm³/mol. The van der Waals surface area contributed by atoms with Crippen LogP contribution in [-0.2, 0) is 18.9 Å². The molecule has 5 rings (SSSR count). The minimum Gasteiger partial charge on any atom is -0.365 e. The van der Waals surface area contributed by atoms with Gasteiger partial charge in [0.2, 0.25) is 5.79 Å². The number of nitrogens with zero attached hydrogens (tertiary/aromatic N) is 1. The van der Waals surface area contributed by atoms with Crippen LogP contribution in [0.2, 0.25) is 0 Å². The summed E-state index contributed by atoms with van der Waals surface area (Å²) in [6.07, 6.45) is 0.843. The van der Waals surface area contributed by atoms with Crippen molar-refractivity contribution in [2.75, 3.05) is 18.6 Å². The van der Waals surface area contributed by atoms with Crippen molar-refractivity contribution in [2.45, 2.75) is 63.1 Å². The molecule has 4 aliphatic rings. The van der Waals surface area contributed by atoms with Crippen LogP contribution < -0.4 is 4.90 Å². The zero-order chi connectivity index (χ0) is 16.7. The van der Waals surface area contributed by atoms with Crippen molar-refractivity contribution in [2.24, 2.45) is 5.92 Å². The molecule has 6 atom stereocenters. The fraction of sp³-hybridized carbons (Fsp3) is 0.684. The van der Waals surface area contributed by atoms with E-state index in [9.17, 15) is 0 Å². The molecule has 5 nitrogen and oxygen atoms in total. The fourth-order valence-corrected chi connectivity index (χ4v) is 5.26. The number of fused-ring (bicyclic) bond motifs is 8. The number of methoxy groups -OCH3 is 1. The van der Waals surface area contributed by atoms with Gasteiger partial charge in [-0.2, -0.15) is 0 Å². The molecule has 0 spiro atoms. The lowest BCUT2D eigenvalue weighted by molar-refractivity contribution is -0.276. The van der Waals surface area contributed by atoms with Crippen molar-refractivity contribution in [1.82, 2.24) is 0 Å². The van der Waals surface area contributed by atoms with Gasteiger partial charge in [-0.05, 0) is 39.3 Å². The molecule has 5 heteroatoms. The second-order valence-electron chi connectivity index (χ2n) is 7.94. The Bertz CT molecular complexity index is 660. The van der Waals surface area contributed by atoms with Crippen LogP contribution in [0.25, 0.3) is 0 Å².